The van der Waals surface area contributed by atoms with Crippen LogP contribution < -0.4 is 0 Å². The molecule has 1 fully saturated rings. The van der Waals surface area contributed by atoms with Gasteiger partial charge in [0.25, 0.3) is 0 Å². The van der Waals surface area contributed by atoms with Gasteiger partial charge < -0.3 is 34.3 Å². The third-order valence-corrected chi connectivity index (χ3v) is 11.7. The minimum Gasteiger partial charge on any atom is -0.465 e. The minimum atomic E-state index is -1.31. The molecule has 336 valence electrons. The molecule has 0 bridgehead atoms. The van der Waals surface area contributed by atoms with Crippen molar-refractivity contribution >= 4 is 11.9 Å². The summed E-state index contributed by atoms with van der Waals surface area (Å²) in [5.74, 6) is -1.04. The molecular formula is C49H86O9. The van der Waals surface area contributed by atoms with Crippen LogP contribution in [0.2, 0.25) is 0 Å². The van der Waals surface area contributed by atoms with Crippen molar-refractivity contribution in [3.63, 3.8) is 0 Å². The van der Waals surface area contributed by atoms with Crippen molar-refractivity contribution in [1.82, 2.24) is 0 Å². The Balaban J connectivity index is 1.76. The summed E-state index contributed by atoms with van der Waals surface area (Å²) in [6.45, 7) is 4.29. The Bertz CT molecular complexity index is 1050. The molecule has 3 N–H and O–H groups in total. The molecule has 1 heterocycles. The monoisotopic (exact) mass is 819 g/mol. The Hall–Kier alpha value is -2.04. The number of hydrogen-bond donors (Lipinski definition) is 3. The van der Waals surface area contributed by atoms with Crippen LogP contribution >= 0.6 is 0 Å². The van der Waals surface area contributed by atoms with E-state index in [0.717, 1.165) is 44.1 Å². The van der Waals surface area contributed by atoms with Gasteiger partial charge in [-0.1, -0.05) is 198 Å². The van der Waals surface area contributed by atoms with Crippen LogP contribution in [0.1, 0.15) is 206 Å². The van der Waals surface area contributed by atoms with E-state index >= 15 is 0 Å². The molecule has 5 atom stereocenters. The van der Waals surface area contributed by atoms with Crippen molar-refractivity contribution in [2.45, 2.75) is 237 Å². The van der Waals surface area contributed by atoms with Crippen molar-refractivity contribution < 1.29 is 43.9 Å². The first-order valence-electron chi connectivity index (χ1n) is 24.0. The molecule has 1 aliphatic rings. The van der Waals surface area contributed by atoms with Gasteiger partial charge >= 0.3 is 11.9 Å². The predicted octanol–water partition coefficient (Wildman–Crippen LogP) is 11.1. The minimum absolute atomic E-state index is 0.00367. The average Bonchev–Trinajstić information content (AvgIpc) is 3.23. The highest BCUT2D eigenvalue weighted by Gasteiger charge is 2.45. The lowest BCUT2D eigenvalue weighted by Crippen LogP contribution is -2.59. The number of rotatable bonds is 38. The molecule has 1 aromatic rings. The number of unbranched alkanes of at least 4 members (excludes halogenated alkanes) is 24. The zero-order valence-corrected chi connectivity index (χ0v) is 37.0. The first-order chi connectivity index (χ1) is 28.4. The molecule has 9 nitrogen and oxygen atoms in total. The Kier molecular flexibility index (Phi) is 32.1. The van der Waals surface area contributed by atoms with E-state index in [0.29, 0.717) is 12.8 Å². The lowest BCUT2D eigenvalue weighted by molar-refractivity contribution is -0.248. The molecule has 1 aliphatic heterocycles. The molecule has 0 aromatic heterocycles. The van der Waals surface area contributed by atoms with E-state index in [9.17, 15) is 24.9 Å². The van der Waals surface area contributed by atoms with Crippen molar-refractivity contribution in [2.75, 3.05) is 19.8 Å². The van der Waals surface area contributed by atoms with Crippen molar-refractivity contribution in [1.29, 1.82) is 0 Å². The maximum Gasteiger partial charge on any atom is 0.305 e. The fourth-order valence-electron chi connectivity index (χ4n) is 7.98. The quantitative estimate of drug-likeness (QED) is 0.0441. The lowest BCUT2D eigenvalue weighted by Gasteiger charge is -2.43. The fraction of sp³-hybridized carbons (Fsp3) is 0.837. The Morgan fingerprint density at radius 1 is 0.569 bits per heavy atom. The zero-order chi connectivity index (χ0) is 41.9. The fourth-order valence-corrected chi connectivity index (χ4v) is 7.98. The van der Waals surface area contributed by atoms with Crippen molar-refractivity contribution in [3.8, 4) is 0 Å². The van der Waals surface area contributed by atoms with Crippen molar-refractivity contribution in [3.05, 3.63) is 35.9 Å². The standard InChI is InChI=1S/C49H86O9/c1-3-5-7-9-11-13-15-17-19-21-23-25-30-34-45(51)55-39-42(40-56-46(52)35-31-26-24-22-20-18-16-14-12-10-8-6-4-2)36-43-47(53)48(54)49(44(37-50)58-43)57-38-41-32-28-27-29-33-41/h27-29,32-33,42-44,47-50,53-54H,3-26,30-31,34-40H2,1-2H3/t43-,44+,47-,48+,49+/m0/s1. The van der Waals surface area contributed by atoms with Crippen LogP contribution in [0.3, 0.4) is 0 Å². The first kappa shape index (κ1) is 52.1. The summed E-state index contributed by atoms with van der Waals surface area (Å²) in [7, 11) is 0. The third kappa shape index (κ3) is 25.6. The molecule has 0 saturated carbocycles. The number of ether oxygens (including phenoxy) is 4. The summed E-state index contributed by atoms with van der Waals surface area (Å²) < 4.78 is 23.4. The second-order valence-electron chi connectivity index (χ2n) is 17.1. The predicted molar refractivity (Wildman–Crippen MR) is 233 cm³/mol. The summed E-state index contributed by atoms with van der Waals surface area (Å²) in [4.78, 5) is 25.6. The van der Waals surface area contributed by atoms with E-state index in [-0.39, 0.29) is 38.2 Å². The SMILES string of the molecule is CCCCCCCCCCCCCCCC(=O)OCC(COC(=O)CCCCCCCCCCCCCCC)C[C@@H]1O[C@H](CO)[C@@H](OCc2ccccc2)[C@H](O)[C@H]1O. The van der Waals surface area contributed by atoms with Crippen LogP contribution in [0.25, 0.3) is 0 Å². The van der Waals surface area contributed by atoms with Gasteiger partial charge in [-0.2, -0.15) is 0 Å². The molecule has 0 unspecified atom stereocenters. The first-order valence-corrected chi connectivity index (χ1v) is 24.0. The molecular weight excluding hydrogens is 733 g/mol. The number of aliphatic hydroxyl groups is 3. The maximum atomic E-state index is 12.8. The number of benzene rings is 1. The summed E-state index contributed by atoms with van der Waals surface area (Å²) in [5, 5.41) is 32.4. The van der Waals surface area contributed by atoms with E-state index in [1.807, 2.05) is 30.3 Å². The van der Waals surface area contributed by atoms with Gasteiger partial charge in [-0.25, -0.2) is 0 Å². The van der Waals surface area contributed by atoms with Gasteiger partial charge in [0.05, 0.1) is 32.5 Å². The van der Waals surface area contributed by atoms with Gasteiger partial charge in [-0.3, -0.25) is 9.59 Å². The average molecular weight is 819 g/mol. The topological polar surface area (TPSA) is 132 Å². The van der Waals surface area contributed by atoms with Gasteiger partial charge in [0.2, 0.25) is 0 Å². The largest absolute Gasteiger partial charge is 0.465 e. The number of hydrogen-bond acceptors (Lipinski definition) is 9. The second-order valence-corrected chi connectivity index (χ2v) is 17.1. The smallest absolute Gasteiger partial charge is 0.305 e. The van der Waals surface area contributed by atoms with Crippen LogP contribution in [0, 0.1) is 5.92 Å². The molecule has 2 rings (SSSR count). The normalized spacial score (nSPS) is 19.4. The van der Waals surface area contributed by atoms with E-state index in [1.54, 1.807) is 0 Å². The van der Waals surface area contributed by atoms with Crippen LogP contribution in [0.5, 0.6) is 0 Å². The molecule has 1 aromatic carbocycles. The number of carbonyl (C=O) groups is 2. The summed E-state index contributed by atoms with van der Waals surface area (Å²) >= 11 is 0. The number of carbonyl (C=O) groups excluding carboxylic acids is 2. The summed E-state index contributed by atoms with van der Waals surface area (Å²) in [6.07, 6.45) is 27.5. The Morgan fingerprint density at radius 3 is 1.36 bits per heavy atom. The third-order valence-electron chi connectivity index (χ3n) is 11.7. The molecule has 58 heavy (non-hydrogen) atoms. The van der Waals surface area contributed by atoms with E-state index < -0.39 is 43.0 Å². The number of aliphatic hydroxyl groups excluding tert-OH is 3. The van der Waals surface area contributed by atoms with Gasteiger partial charge in [0.1, 0.15) is 24.4 Å². The highest BCUT2D eigenvalue weighted by atomic mass is 16.6. The Morgan fingerprint density at radius 2 is 0.966 bits per heavy atom. The molecule has 0 amide bonds. The van der Waals surface area contributed by atoms with E-state index in [2.05, 4.69) is 13.8 Å². The van der Waals surface area contributed by atoms with E-state index in [4.69, 9.17) is 18.9 Å². The van der Waals surface area contributed by atoms with E-state index in [1.165, 1.54) is 128 Å². The molecule has 9 heteroatoms. The molecule has 1 saturated heterocycles. The molecule has 0 radical (unpaired) electrons. The van der Waals surface area contributed by atoms with Crippen LogP contribution in [0.15, 0.2) is 30.3 Å². The highest BCUT2D eigenvalue weighted by Crippen LogP contribution is 2.29. The van der Waals surface area contributed by atoms with Crippen LogP contribution in [-0.4, -0.2) is 77.6 Å². The number of esters is 2. The second kappa shape index (κ2) is 35.7. The van der Waals surface area contributed by atoms with Gasteiger partial charge in [-0.15, -0.1) is 0 Å². The highest BCUT2D eigenvalue weighted by molar-refractivity contribution is 5.69. The van der Waals surface area contributed by atoms with Crippen molar-refractivity contribution in [2.24, 2.45) is 5.92 Å². The summed E-state index contributed by atoms with van der Waals surface area (Å²) in [5.41, 5.74) is 0.893. The molecule has 0 spiro atoms. The van der Waals surface area contributed by atoms with Gasteiger partial charge in [0.15, 0.2) is 0 Å². The molecule has 0 aliphatic carbocycles. The Labute approximate surface area is 353 Å². The summed E-state index contributed by atoms with van der Waals surface area (Å²) in [6, 6.07) is 9.47. The van der Waals surface area contributed by atoms with Crippen LogP contribution in [0.4, 0.5) is 0 Å². The van der Waals surface area contributed by atoms with Crippen LogP contribution in [-0.2, 0) is 35.1 Å². The van der Waals surface area contributed by atoms with Gasteiger partial charge in [0, 0.05) is 18.8 Å². The lowest BCUT2D eigenvalue weighted by atomic mass is 9.89. The zero-order valence-electron chi connectivity index (χ0n) is 37.0. The maximum absolute atomic E-state index is 12.8. The van der Waals surface area contributed by atoms with Gasteiger partial charge in [-0.05, 0) is 24.8 Å².